The summed E-state index contributed by atoms with van der Waals surface area (Å²) in [5.41, 5.74) is 17.8. The number of rotatable bonds is 7. The summed E-state index contributed by atoms with van der Waals surface area (Å²) in [6, 6.07) is 82.1. The predicted octanol–water partition coefficient (Wildman–Crippen LogP) is 15.1. The molecule has 0 aliphatic heterocycles. The molecular weight excluding hydrogens is 753 g/mol. The van der Waals surface area contributed by atoms with Gasteiger partial charge in [0.2, 0.25) is 0 Å². The molecule has 11 aromatic rings. The number of fused-ring (bicyclic) bond motifs is 6. The van der Waals surface area contributed by atoms with Crippen LogP contribution in [0.4, 0.5) is 0 Å². The molecule has 1 aliphatic carbocycles. The third-order valence-electron chi connectivity index (χ3n) is 12.6. The van der Waals surface area contributed by atoms with E-state index in [1.807, 2.05) is 18.2 Å². The third kappa shape index (κ3) is 5.59. The molecule has 0 atom stereocenters. The first kappa shape index (κ1) is 35.8. The zero-order valence-electron chi connectivity index (χ0n) is 33.7. The Morgan fingerprint density at radius 1 is 0.339 bits per heavy atom. The van der Waals surface area contributed by atoms with Gasteiger partial charge in [-0.25, -0.2) is 9.97 Å². The Labute approximate surface area is 360 Å². The normalized spacial score (nSPS) is 12.6. The molecule has 9 aromatic carbocycles. The van der Waals surface area contributed by atoms with Gasteiger partial charge in [0.25, 0.3) is 0 Å². The molecule has 0 saturated carbocycles. The molecule has 0 bridgehead atoms. The predicted molar refractivity (Wildman–Crippen MR) is 254 cm³/mol. The van der Waals surface area contributed by atoms with Gasteiger partial charge in [-0.3, -0.25) is 0 Å². The van der Waals surface area contributed by atoms with E-state index in [1.165, 1.54) is 33.4 Å². The Hall–Kier alpha value is -8.14. The molecule has 0 fully saturated rings. The maximum Gasteiger partial charge on any atom is 0.160 e. The number of para-hydroxylation sites is 2. The van der Waals surface area contributed by atoms with Crippen molar-refractivity contribution in [3.63, 3.8) is 0 Å². The van der Waals surface area contributed by atoms with E-state index in [0.29, 0.717) is 5.82 Å². The third-order valence-corrected chi connectivity index (χ3v) is 12.6. The van der Waals surface area contributed by atoms with Crippen LogP contribution in [0.1, 0.15) is 22.3 Å². The molecule has 12 rings (SSSR count). The van der Waals surface area contributed by atoms with E-state index in [0.717, 1.165) is 72.3 Å². The molecule has 1 aliphatic rings. The Bertz CT molecular complexity index is 3420. The minimum absolute atomic E-state index is 0.521. The lowest BCUT2D eigenvalue weighted by Gasteiger charge is -2.33. The SMILES string of the molecule is c1ccc(-c2nc(-c3ccccc3-c3cccc(-c4cccc5c4oc4ccccc45)c3)cc(-c3cccc4c3-c3ccccc3C4(c3ccccc3)c3ccccc3)n2)cc1. The molecule has 0 N–H and O–H groups in total. The van der Waals surface area contributed by atoms with Gasteiger partial charge >= 0.3 is 0 Å². The molecule has 2 aromatic heterocycles. The van der Waals surface area contributed by atoms with Gasteiger partial charge in [-0.15, -0.1) is 0 Å². The standard InChI is InChI=1S/C59H38N2O/c1-4-19-39(20-5-1)58-60-53(46-28-11-10-27-44(46)40-21-16-22-41(37-40)45-31-17-32-48-47-29-13-15-36-55(47)62-57(45)48)38-54(61-58)50-33-18-35-52-56(50)49-30-12-14-34-51(49)59(52,42-23-6-2-7-24-42)43-25-8-3-9-26-43/h1-38H. The van der Waals surface area contributed by atoms with E-state index in [9.17, 15) is 0 Å². The van der Waals surface area contributed by atoms with Crippen LogP contribution in [0.25, 0.3) is 89.2 Å². The van der Waals surface area contributed by atoms with Gasteiger partial charge in [-0.2, -0.15) is 0 Å². The summed E-state index contributed by atoms with van der Waals surface area (Å²) >= 11 is 0. The van der Waals surface area contributed by atoms with Gasteiger partial charge in [0.05, 0.1) is 16.8 Å². The van der Waals surface area contributed by atoms with Gasteiger partial charge in [0.15, 0.2) is 5.82 Å². The Morgan fingerprint density at radius 3 is 1.60 bits per heavy atom. The van der Waals surface area contributed by atoms with Crippen molar-refractivity contribution in [3.05, 3.63) is 253 Å². The highest BCUT2D eigenvalue weighted by Crippen LogP contribution is 2.58. The fourth-order valence-corrected chi connectivity index (χ4v) is 9.93. The maximum atomic E-state index is 6.49. The smallest absolute Gasteiger partial charge is 0.160 e. The van der Waals surface area contributed by atoms with Crippen molar-refractivity contribution in [2.45, 2.75) is 5.41 Å². The van der Waals surface area contributed by atoms with E-state index in [4.69, 9.17) is 14.4 Å². The van der Waals surface area contributed by atoms with E-state index in [-0.39, 0.29) is 0 Å². The molecule has 290 valence electrons. The second kappa shape index (κ2) is 14.5. The molecule has 2 heterocycles. The molecular formula is C59H38N2O. The molecule has 0 amide bonds. The Kier molecular flexibility index (Phi) is 8.39. The number of nitrogens with zero attached hydrogens (tertiary/aromatic N) is 2. The van der Waals surface area contributed by atoms with Crippen molar-refractivity contribution in [3.8, 4) is 67.3 Å². The van der Waals surface area contributed by atoms with Crippen LogP contribution in [0, 0.1) is 0 Å². The van der Waals surface area contributed by atoms with Crippen LogP contribution < -0.4 is 0 Å². The Balaban J connectivity index is 1.06. The molecule has 0 radical (unpaired) electrons. The minimum Gasteiger partial charge on any atom is -0.455 e. The topological polar surface area (TPSA) is 38.9 Å². The number of aromatic nitrogens is 2. The molecule has 0 saturated heterocycles. The summed E-state index contributed by atoms with van der Waals surface area (Å²) < 4.78 is 6.49. The van der Waals surface area contributed by atoms with Crippen molar-refractivity contribution >= 4 is 21.9 Å². The van der Waals surface area contributed by atoms with Gasteiger partial charge in [0.1, 0.15) is 11.2 Å². The fourth-order valence-electron chi connectivity index (χ4n) is 9.93. The van der Waals surface area contributed by atoms with Crippen LogP contribution in [0.15, 0.2) is 235 Å². The van der Waals surface area contributed by atoms with E-state index in [1.54, 1.807) is 0 Å². The second-order valence-electron chi connectivity index (χ2n) is 16.0. The fraction of sp³-hybridized carbons (Fsp3) is 0.0169. The minimum atomic E-state index is -0.521. The van der Waals surface area contributed by atoms with Crippen molar-refractivity contribution < 1.29 is 4.42 Å². The van der Waals surface area contributed by atoms with Crippen LogP contribution in [0.3, 0.4) is 0 Å². The summed E-state index contributed by atoms with van der Waals surface area (Å²) in [5.74, 6) is 0.680. The zero-order valence-corrected chi connectivity index (χ0v) is 33.7. The second-order valence-corrected chi connectivity index (χ2v) is 16.0. The highest BCUT2D eigenvalue weighted by atomic mass is 16.3. The van der Waals surface area contributed by atoms with Gasteiger partial charge in [-0.05, 0) is 68.3 Å². The molecule has 0 unspecified atom stereocenters. The van der Waals surface area contributed by atoms with Crippen LogP contribution >= 0.6 is 0 Å². The molecule has 3 nitrogen and oxygen atoms in total. The monoisotopic (exact) mass is 790 g/mol. The van der Waals surface area contributed by atoms with Gasteiger partial charge in [0, 0.05) is 33.0 Å². The van der Waals surface area contributed by atoms with Gasteiger partial charge < -0.3 is 4.42 Å². The van der Waals surface area contributed by atoms with Crippen molar-refractivity contribution in [1.82, 2.24) is 9.97 Å². The lowest BCUT2D eigenvalue weighted by molar-refractivity contribution is 0.670. The van der Waals surface area contributed by atoms with Crippen molar-refractivity contribution in [1.29, 1.82) is 0 Å². The first-order valence-electron chi connectivity index (χ1n) is 21.2. The highest BCUT2D eigenvalue weighted by molar-refractivity contribution is 6.09. The first-order chi connectivity index (χ1) is 30.8. The van der Waals surface area contributed by atoms with Crippen molar-refractivity contribution in [2.75, 3.05) is 0 Å². The number of hydrogen-bond donors (Lipinski definition) is 0. The summed E-state index contributed by atoms with van der Waals surface area (Å²) in [6.07, 6.45) is 0. The summed E-state index contributed by atoms with van der Waals surface area (Å²) in [7, 11) is 0. The number of furan rings is 1. The van der Waals surface area contributed by atoms with E-state index < -0.39 is 5.41 Å². The lowest BCUT2D eigenvalue weighted by atomic mass is 9.67. The zero-order chi connectivity index (χ0) is 41.0. The number of benzene rings is 9. The first-order valence-corrected chi connectivity index (χ1v) is 21.2. The molecule has 3 heteroatoms. The van der Waals surface area contributed by atoms with Crippen LogP contribution in [-0.4, -0.2) is 9.97 Å². The van der Waals surface area contributed by atoms with Crippen molar-refractivity contribution in [2.24, 2.45) is 0 Å². The molecule has 62 heavy (non-hydrogen) atoms. The quantitative estimate of drug-likeness (QED) is 0.161. The van der Waals surface area contributed by atoms with E-state index >= 15 is 0 Å². The van der Waals surface area contributed by atoms with Crippen LogP contribution in [-0.2, 0) is 5.41 Å². The largest absolute Gasteiger partial charge is 0.455 e. The highest BCUT2D eigenvalue weighted by Gasteiger charge is 2.46. The summed E-state index contributed by atoms with van der Waals surface area (Å²) in [6.45, 7) is 0. The average molecular weight is 791 g/mol. The van der Waals surface area contributed by atoms with E-state index in [2.05, 4.69) is 212 Å². The summed E-state index contributed by atoms with van der Waals surface area (Å²) in [4.78, 5) is 10.8. The Morgan fingerprint density at radius 2 is 0.839 bits per heavy atom. The molecule has 0 spiro atoms. The summed E-state index contributed by atoms with van der Waals surface area (Å²) in [5, 5.41) is 2.24. The number of hydrogen-bond acceptors (Lipinski definition) is 3. The maximum absolute atomic E-state index is 6.49. The van der Waals surface area contributed by atoms with Crippen LogP contribution in [0.2, 0.25) is 0 Å². The van der Waals surface area contributed by atoms with Gasteiger partial charge in [-0.1, -0.05) is 212 Å². The van der Waals surface area contributed by atoms with Crippen LogP contribution in [0.5, 0.6) is 0 Å². The lowest BCUT2D eigenvalue weighted by Crippen LogP contribution is -2.28. The average Bonchev–Trinajstić information content (AvgIpc) is 3.89.